The third-order valence-electron chi connectivity index (χ3n) is 16.5. The van der Waals surface area contributed by atoms with Crippen LogP contribution in [0, 0.1) is 39.5 Å². The monoisotopic (exact) mass is 1140 g/mol. The van der Waals surface area contributed by atoms with Crippen LogP contribution >= 0.6 is 0 Å². The molecule has 0 saturated carbocycles. The summed E-state index contributed by atoms with van der Waals surface area (Å²) in [5.74, 6) is 2.20. The fourth-order valence-corrected chi connectivity index (χ4v) is 11.5. The minimum Gasteiger partial charge on any atom is -0.231 e. The Hall–Kier alpha value is -8.88. The molecule has 0 N–H and O–H groups in total. The van der Waals surface area contributed by atoms with E-state index >= 15 is 0 Å². The normalized spacial score (nSPS) is 11.3. The van der Waals surface area contributed by atoms with Crippen LogP contribution in [0.5, 0.6) is 0 Å². The van der Waals surface area contributed by atoms with Crippen molar-refractivity contribution in [2.75, 3.05) is 0 Å². The van der Waals surface area contributed by atoms with E-state index in [1.54, 1.807) is 0 Å². The summed E-state index contributed by atoms with van der Waals surface area (Å²) in [6.07, 6.45) is 5.98. The van der Waals surface area contributed by atoms with E-state index in [-0.39, 0.29) is 0 Å². The first kappa shape index (κ1) is 61.7. The van der Waals surface area contributed by atoms with Crippen LogP contribution in [0.1, 0.15) is 112 Å². The molecule has 0 aliphatic carbocycles. The second-order valence-corrected chi connectivity index (χ2v) is 24.6. The highest BCUT2D eigenvalue weighted by Gasteiger charge is 2.22. The molecule has 86 heavy (non-hydrogen) atoms. The van der Waals surface area contributed by atoms with Crippen molar-refractivity contribution in [3.05, 3.63) is 239 Å². The molecule has 0 fully saturated rings. The average Bonchev–Trinajstić information content (AvgIpc) is 1.07. The number of benzene rings is 5. The molecule has 0 aliphatic heterocycles. The van der Waals surface area contributed by atoms with Gasteiger partial charge in [-0.2, -0.15) is 9.13 Å². The first-order chi connectivity index (χ1) is 41.3. The van der Waals surface area contributed by atoms with Crippen molar-refractivity contribution >= 4 is 44.1 Å². The summed E-state index contributed by atoms with van der Waals surface area (Å²) in [4.78, 5) is 18.8. The largest absolute Gasteiger partial charge is 0.330 e. The van der Waals surface area contributed by atoms with E-state index in [0.717, 1.165) is 46.7 Å². The van der Waals surface area contributed by atoms with E-state index in [4.69, 9.17) is 9.97 Å². The summed E-state index contributed by atoms with van der Waals surface area (Å²) in [7, 11) is 8.46. The third-order valence-corrected chi connectivity index (χ3v) is 16.5. The summed E-state index contributed by atoms with van der Waals surface area (Å²) in [6.45, 7) is 26.4. The number of fused-ring (bicyclic) bond motifs is 4. The van der Waals surface area contributed by atoms with Gasteiger partial charge in [0.05, 0.1) is 30.4 Å². The minimum absolute atomic E-state index is 0.441. The van der Waals surface area contributed by atoms with Gasteiger partial charge in [-0.15, -0.1) is 0 Å². The van der Waals surface area contributed by atoms with E-state index in [1.165, 1.54) is 100 Å². The molecule has 7 aromatic heterocycles. The highest BCUT2D eigenvalue weighted by molar-refractivity contribution is 5.82. The number of rotatable bonds is 10. The van der Waals surface area contributed by atoms with Gasteiger partial charge in [0.15, 0.2) is 11.4 Å². The second kappa shape index (κ2) is 27.4. The fraction of sp³-hybridized carbons (Fsp3) is 0.282. The van der Waals surface area contributed by atoms with Gasteiger partial charge in [-0.1, -0.05) is 152 Å². The van der Waals surface area contributed by atoms with E-state index in [0.29, 0.717) is 23.7 Å². The van der Waals surface area contributed by atoms with Crippen molar-refractivity contribution in [2.45, 2.75) is 108 Å². The molecule has 5 aromatic carbocycles. The van der Waals surface area contributed by atoms with Crippen molar-refractivity contribution in [2.24, 2.45) is 40.0 Å². The summed E-state index contributed by atoms with van der Waals surface area (Å²) in [6, 6.07) is 64.7. The van der Waals surface area contributed by atoms with E-state index in [9.17, 15) is 0 Å². The third kappa shape index (κ3) is 13.9. The molecule has 0 saturated heterocycles. The van der Waals surface area contributed by atoms with Crippen LogP contribution in [0.25, 0.3) is 89.2 Å². The Morgan fingerprint density at radius 3 is 1.31 bits per heavy atom. The smallest absolute Gasteiger partial charge is 0.231 e. The molecule has 12 aromatic rings. The lowest BCUT2D eigenvalue weighted by Gasteiger charge is -2.10. The molecule has 8 nitrogen and oxygen atoms in total. The van der Waals surface area contributed by atoms with Gasteiger partial charge in [0.2, 0.25) is 22.6 Å². The molecular formula is C78H88N8+4. The van der Waals surface area contributed by atoms with Crippen LogP contribution in [-0.2, 0) is 41.0 Å². The van der Waals surface area contributed by atoms with Crippen molar-refractivity contribution in [1.29, 1.82) is 0 Å². The van der Waals surface area contributed by atoms with Crippen LogP contribution in [0.4, 0.5) is 0 Å². The number of hydrogen-bond acceptors (Lipinski definition) is 4. The summed E-state index contributed by atoms with van der Waals surface area (Å²) in [5, 5.41) is 3.74. The van der Waals surface area contributed by atoms with Gasteiger partial charge in [0.1, 0.15) is 31.7 Å². The Bertz CT molecular complexity index is 4170. The zero-order valence-corrected chi connectivity index (χ0v) is 53.8. The molecule has 0 radical (unpaired) electrons. The molecule has 0 spiro atoms. The average molecular weight is 1140 g/mol. The quantitative estimate of drug-likeness (QED) is 0.128. The maximum atomic E-state index is 4.89. The zero-order valence-electron chi connectivity index (χ0n) is 53.8. The molecule has 12 rings (SSSR count). The minimum atomic E-state index is 0.441. The zero-order chi connectivity index (χ0) is 61.3. The van der Waals surface area contributed by atoms with Gasteiger partial charge in [-0.25, -0.2) is 19.1 Å². The molecule has 0 amide bonds. The number of pyridine rings is 6. The van der Waals surface area contributed by atoms with Crippen molar-refractivity contribution in [1.82, 2.24) is 19.9 Å². The number of hydrogen-bond donors (Lipinski definition) is 0. The standard InChI is InChI=1S/C21H24N.C20H23N2.C19H21N2.C18H20N3/c1-15(2)14-17-9-7-11-20-19(17)12-13-21(22(20)4)18-10-6-5-8-16(18)3;1-14(2)13-17-11-9-16-10-12-19(22(4)20(16)21-17)18-8-6-5-7-15(18)3;1-13(2)17-11-9-15-10-12-18(21(4)19(15)20-17)16-8-6-5-7-14(16)3;1-12(2)14-9-16-18(19-10-14)20-11-17(21(16)4)15-8-6-5-7-13(15)3/h5-13,15H,14H2,1-4H3;5-12,14H,13H2,1-4H3;5-13H,1-4H3;5-12H,1-4H3/q4*+1. The van der Waals surface area contributed by atoms with Crippen LogP contribution in [0.3, 0.4) is 0 Å². The van der Waals surface area contributed by atoms with Crippen molar-refractivity contribution < 1.29 is 18.3 Å². The summed E-state index contributed by atoms with van der Waals surface area (Å²) < 4.78 is 8.91. The molecule has 0 aliphatic rings. The molecular weight excluding hydrogens is 1050 g/mol. The van der Waals surface area contributed by atoms with Gasteiger partial charge >= 0.3 is 11.3 Å². The van der Waals surface area contributed by atoms with Gasteiger partial charge in [0, 0.05) is 58.8 Å². The van der Waals surface area contributed by atoms with Crippen LogP contribution in [-0.4, -0.2) is 19.9 Å². The summed E-state index contributed by atoms with van der Waals surface area (Å²) >= 11 is 0. The lowest BCUT2D eigenvalue weighted by Crippen LogP contribution is -2.33. The van der Waals surface area contributed by atoms with E-state index < -0.39 is 0 Å². The highest BCUT2D eigenvalue weighted by atomic mass is 15.0. The predicted octanol–water partition coefficient (Wildman–Crippen LogP) is 16.8. The molecule has 7 heterocycles. The first-order valence-corrected chi connectivity index (χ1v) is 30.7. The number of nitrogens with zero attached hydrogens (tertiary/aromatic N) is 8. The second-order valence-electron chi connectivity index (χ2n) is 24.6. The Balaban J connectivity index is 0.000000137. The lowest BCUT2D eigenvalue weighted by molar-refractivity contribution is -0.635. The SMILES string of the molecule is Cc1ccccc1-c1ccc2c(CC(C)C)cccc2[n+]1C.Cc1ccccc1-c1ccc2ccc(C(C)C)nc2[n+]1C.Cc1ccccc1-c1ccc2ccc(CC(C)C)nc2[n+]1C.Cc1ccccc1-c1cnc2ncc(C(C)C)cc2[n+]1C. The Kier molecular flexibility index (Phi) is 19.7. The maximum Gasteiger partial charge on any atom is 0.330 e. The predicted molar refractivity (Wildman–Crippen MR) is 358 cm³/mol. The molecule has 0 atom stereocenters. The highest BCUT2D eigenvalue weighted by Crippen LogP contribution is 2.28. The first-order valence-electron chi connectivity index (χ1n) is 30.7. The Morgan fingerprint density at radius 1 is 0.372 bits per heavy atom. The van der Waals surface area contributed by atoms with Gasteiger partial charge in [-0.3, -0.25) is 0 Å². The Morgan fingerprint density at radius 2 is 0.814 bits per heavy atom. The molecule has 436 valence electrons. The number of aromatic nitrogens is 8. The van der Waals surface area contributed by atoms with Crippen molar-refractivity contribution in [3.63, 3.8) is 0 Å². The van der Waals surface area contributed by atoms with Crippen LogP contribution in [0.2, 0.25) is 0 Å². The molecule has 0 bridgehead atoms. The van der Waals surface area contributed by atoms with Gasteiger partial charge in [-0.05, 0) is 162 Å². The molecule has 8 heteroatoms. The number of aryl methyl sites for hydroxylation is 8. The van der Waals surface area contributed by atoms with Crippen LogP contribution in [0.15, 0.2) is 194 Å². The molecule has 0 unspecified atom stereocenters. The maximum absolute atomic E-state index is 4.89. The van der Waals surface area contributed by atoms with Gasteiger partial charge < -0.3 is 0 Å². The van der Waals surface area contributed by atoms with Gasteiger partial charge in [0.25, 0.3) is 5.52 Å². The Labute approximate surface area is 511 Å². The van der Waals surface area contributed by atoms with Crippen LogP contribution < -0.4 is 18.3 Å². The summed E-state index contributed by atoms with van der Waals surface area (Å²) in [5.41, 5.74) is 25.2. The fourth-order valence-electron chi connectivity index (χ4n) is 11.5. The van der Waals surface area contributed by atoms with E-state index in [2.05, 4.69) is 322 Å². The van der Waals surface area contributed by atoms with E-state index in [1.807, 2.05) is 12.4 Å². The van der Waals surface area contributed by atoms with Crippen molar-refractivity contribution in [3.8, 4) is 45.0 Å². The topological polar surface area (TPSA) is 67.1 Å². The lowest BCUT2D eigenvalue weighted by atomic mass is 9.97.